The highest BCUT2D eigenvalue weighted by Crippen LogP contribution is 2.45. The maximum atomic E-state index is 11.6. The van der Waals surface area contributed by atoms with Gasteiger partial charge < -0.3 is 15.8 Å². The van der Waals surface area contributed by atoms with E-state index in [4.69, 9.17) is 10.5 Å². The summed E-state index contributed by atoms with van der Waals surface area (Å²) in [6, 6.07) is 0. The van der Waals surface area contributed by atoms with E-state index in [2.05, 4.69) is 12.2 Å². The van der Waals surface area contributed by atoms with Crippen LogP contribution in [0.3, 0.4) is 0 Å². The number of rotatable bonds is 3. The van der Waals surface area contributed by atoms with Gasteiger partial charge in [-0.1, -0.05) is 6.92 Å². The molecule has 3 N–H and O–H groups in total. The normalized spacial score (nSPS) is 29.8. The SMILES string of the molecule is CC1CC1(CCN)NC(=O)OC(C)(C)C. The first kappa shape index (κ1) is 12.3. The van der Waals surface area contributed by atoms with Crippen molar-refractivity contribution >= 4 is 6.09 Å². The minimum atomic E-state index is -0.438. The predicted octanol–water partition coefficient (Wildman–Crippen LogP) is 1.64. The Morgan fingerprint density at radius 2 is 2.13 bits per heavy atom. The van der Waals surface area contributed by atoms with E-state index >= 15 is 0 Å². The Morgan fingerprint density at radius 3 is 2.47 bits per heavy atom. The number of alkyl carbamates (subject to hydrolysis) is 1. The van der Waals surface area contributed by atoms with E-state index in [9.17, 15) is 4.79 Å². The molecule has 0 aromatic carbocycles. The van der Waals surface area contributed by atoms with Gasteiger partial charge in [-0.2, -0.15) is 0 Å². The average Bonchev–Trinajstić information content (AvgIpc) is 2.56. The number of nitrogens with one attached hydrogen (secondary N) is 1. The Morgan fingerprint density at radius 1 is 1.60 bits per heavy atom. The van der Waals surface area contributed by atoms with Crippen LogP contribution in [0, 0.1) is 5.92 Å². The summed E-state index contributed by atoms with van der Waals surface area (Å²) in [5.41, 5.74) is 4.99. The molecular formula is C11H22N2O2. The third-order valence-corrected chi connectivity index (χ3v) is 2.79. The van der Waals surface area contributed by atoms with Crippen molar-refractivity contribution in [2.24, 2.45) is 11.7 Å². The van der Waals surface area contributed by atoms with Crippen LogP contribution < -0.4 is 11.1 Å². The second-order valence-corrected chi connectivity index (χ2v) is 5.43. The van der Waals surface area contributed by atoms with Crippen LogP contribution in [-0.2, 0) is 4.74 Å². The van der Waals surface area contributed by atoms with Crippen molar-refractivity contribution in [1.29, 1.82) is 0 Å². The van der Waals surface area contributed by atoms with Crippen LogP contribution in [0.25, 0.3) is 0 Å². The molecule has 1 rings (SSSR count). The molecule has 1 amide bonds. The van der Waals surface area contributed by atoms with E-state index in [1.54, 1.807) is 0 Å². The number of nitrogens with two attached hydrogens (primary N) is 1. The summed E-state index contributed by atoms with van der Waals surface area (Å²) in [5.74, 6) is 0.508. The van der Waals surface area contributed by atoms with Crippen molar-refractivity contribution in [3.63, 3.8) is 0 Å². The topological polar surface area (TPSA) is 64.3 Å². The van der Waals surface area contributed by atoms with Crippen molar-refractivity contribution in [3.05, 3.63) is 0 Å². The standard InChI is InChI=1S/C11H22N2O2/c1-8-7-11(8,5-6-12)13-9(14)15-10(2,3)4/h8H,5-7,12H2,1-4H3,(H,13,14). The van der Waals surface area contributed by atoms with Crippen LogP contribution in [0.2, 0.25) is 0 Å². The number of carbonyl (C=O) groups is 1. The van der Waals surface area contributed by atoms with E-state index in [0.717, 1.165) is 12.8 Å². The van der Waals surface area contributed by atoms with Crippen molar-refractivity contribution in [2.75, 3.05) is 6.54 Å². The molecule has 4 nitrogen and oxygen atoms in total. The molecule has 15 heavy (non-hydrogen) atoms. The molecule has 0 aromatic rings. The van der Waals surface area contributed by atoms with E-state index in [0.29, 0.717) is 12.5 Å². The molecule has 1 aliphatic rings. The fourth-order valence-corrected chi connectivity index (χ4v) is 1.84. The lowest BCUT2D eigenvalue weighted by atomic mass is 10.1. The number of hydrogen-bond acceptors (Lipinski definition) is 3. The van der Waals surface area contributed by atoms with Crippen LogP contribution in [0.1, 0.15) is 40.5 Å². The van der Waals surface area contributed by atoms with Crippen LogP contribution >= 0.6 is 0 Å². The zero-order valence-electron chi connectivity index (χ0n) is 10.1. The fourth-order valence-electron chi connectivity index (χ4n) is 1.84. The largest absolute Gasteiger partial charge is 0.444 e. The molecule has 4 heteroatoms. The van der Waals surface area contributed by atoms with Crippen molar-refractivity contribution in [1.82, 2.24) is 5.32 Å². The molecular weight excluding hydrogens is 192 g/mol. The molecule has 0 heterocycles. The Hall–Kier alpha value is -0.770. The molecule has 1 aliphatic carbocycles. The van der Waals surface area contributed by atoms with E-state index in [1.807, 2.05) is 20.8 Å². The van der Waals surface area contributed by atoms with Gasteiger partial charge in [0.2, 0.25) is 0 Å². The lowest BCUT2D eigenvalue weighted by Crippen LogP contribution is -2.42. The Kier molecular flexibility index (Phi) is 3.28. The average molecular weight is 214 g/mol. The predicted molar refractivity (Wildman–Crippen MR) is 59.6 cm³/mol. The van der Waals surface area contributed by atoms with Gasteiger partial charge in [-0.05, 0) is 46.1 Å². The van der Waals surface area contributed by atoms with Gasteiger partial charge in [0.1, 0.15) is 5.60 Å². The van der Waals surface area contributed by atoms with Crippen molar-refractivity contribution in [2.45, 2.75) is 51.7 Å². The van der Waals surface area contributed by atoms with Crippen molar-refractivity contribution < 1.29 is 9.53 Å². The first-order valence-corrected chi connectivity index (χ1v) is 5.50. The van der Waals surface area contributed by atoms with E-state index < -0.39 is 5.60 Å². The molecule has 0 spiro atoms. The first-order valence-electron chi connectivity index (χ1n) is 5.50. The molecule has 0 bridgehead atoms. The van der Waals surface area contributed by atoms with Gasteiger partial charge in [0, 0.05) is 5.54 Å². The van der Waals surface area contributed by atoms with E-state index in [-0.39, 0.29) is 11.6 Å². The summed E-state index contributed by atoms with van der Waals surface area (Å²) in [7, 11) is 0. The Balaban J connectivity index is 2.44. The molecule has 0 aromatic heterocycles. The number of hydrogen-bond donors (Lipinski definition) is 2. The summed E-state index contributed by atoms with van der Waals surface area (Å²) in [4.78, 5) is 11.6. The fraction of sp³-hybridized carbons (Fsp3) is 0.909. The smallest absolute Gasteiger partial charge is 0.408 e. The number of amides is 1. The highest BCUT2D eigenvalue weighted by molar-refractivity contribution is 5.69. The third-order valence-electron chi connectivity index (χ3n) is 2.79. The first-order chi connectivity index (χ1) is 6.79. The van der Waals surface area contributed by atoms with Gasteiger partial charge in [-0.25, -0.2) is 4.79 Å². The van der Waals surface area contributed by atoms with Gasteiger partial charge in [0.15, 0.2) is 0 Å². The molecule has 0 saturated heterocycles. The van der Waals surface area contributed by atoms with Crippen LogP contribution in [0.5, 0.6) is 0 Å². The van der Waals surface area contributed by atoms with Crippen LogP contribution in [-0.4, -0.2) is 23.8 Å². The van der Waals surface area contributed by atoms with E-state index in [1.165, 1.54) is 0 Å². The lowest BCUT2D eigenvalue weighted by Gasteiger charge is -2.23. The van der Waals surface area contributed by atoms with Crippen LogP contribution in [0.4, 0.5) is 4.79 Å². The van der Waals surface area contributed by atoms with Crippen molar-refractivity contribution in [3.8, 4) is 0 Å². The second-order valence-electron chi connectivity index (χ2n) is 5.43. The summed E-state index contributed by atoms with van der Waals surface area (Å²) in [6.07, 6.45) is 1.50. The molecule has 1 fully saturated rings. The zero-order chi connectivity index (χ0) is 11.7. The maximum absolute atomic E-state index is 11.6. The van der Waals surface area contributed by atoms with Gasteiger partial charge >= 0.3 is 6.09 Å². The summed E-state index contributed by atoms with van der Waals surface area (Å²) in [6.45, 7) is 8.29. The molecule has 0 radical (unpaired) electrons. The second kappa shape index (κ2) is 4.00. The highest BCUT2D eigenvalue weighted by Gasteiger charge is 2.51. The quantitative estimate of drug-likeness (QED) is 0.750. The minimum Gasteiger partial charge on any atom is -0.444 e. The summed E-state index contributed by atoms with van der Waals surface area (Å²) < 4.78 is 5.22. The van der Waals surface area contributed by atoms with Gasteiger partial charge in [0.05, 0.1) is 0 Å². The van der Waals surface area contributed by atoms with Crippen LogP contribution in [0.15, 0.2) is 0 Å². The Bertz CT molecular complexity index is 247. The zero-order valence-corrected chi connectivity index (χ0v) is 10.1. The minimum absolute atomic E-state index is 0.100. The number of ether oxygens (including phenoxy) is 1. The lowest BCUT2D eigenvalue weighted by molar-refractivity contribution is 0.0489. The molecule has 0 aliphatic heterocycles. The Labute approximate surface area is 91.5 Å². The molecule has 2 unspecified atom stereocenters. The third kappa shape index (κ3) is 3.38. The molecule has 88 valence electrons. The van der Waals surface area contributed by atoms with Gasteiger partial charge in [0.25, 0.3) is 0 Å². The van der Waals surface area contributed by atoms with Gasteiger partial charge in [-0.15, -0.1) is 0 Å². The highest BCUT2D eigenvalue weighted by atomic mass is 16.6. The maximum Gasteiger partial charge on any atom is 0.408 e. The molecule has 1 saturated carbocycles. The van der Waals surface area contributed by atoms with Gasteiger partial charge in [-0.3, -0.25) is 0 Å². The number of carbonyl (C=O) groups excluding carboxylic acids is 1. The monoisotopic (exact) mass is 214 g/mol. The summed E-state index contributed by atoms with van der Waals surface area (Å²) in [5, 5.41) is 2.93. The summed E-state index contributed by atoms with van der Waals surface area (Å²) >= 11 is 0. The molecule has 2 atom stereocenters.